The first kappa shape index (κ1) is 14.6. The average Bonchev–Trinajstić information content (AvgIpc) is 2.38. The van der Waals surface area contributed by atoms with Crippen LogP contribution in [-0.4, -0.2) is 9.55 Å². The van der Waals surface area contributed by atoms with Gasteiger partial charge in [0.1, 0.15) is 11.6 Å². The average molecular weight is 295 g/mol. The van der Waals surface area contributed by atoms with Gasteiger partial charge in [-0.2, -0.15) is 18.4 Å². The molecule has 0 fully saturated rings. The molecule has 1 N–H and O–H groups in total. The van der Waals surface area contributed by atoms with Crippen LogP contribution in [0.1, 0.15) is 16.7 Å². The molecule has 108 valence electrons. The van der Waals surface area contributed by atoms with Crippen LogP contribution in [0.3, 0.4) is 0 Å². The summed E-state index contributed by atoms with van der Waals surface area (Å²) in [4.78, 5) is 24.8. The Bertz CT molecular complexity index is 857. The summed E-state index contributed by atoms with van der Waals surface area (Å²) in [5.41, 5.74) is -3.16. The van der Waals surface area contributed by atoms with Crippen LogP contribution in [0.4, 0.5) is 13.2 Å². The molecule has 2 rings (SSSR count). The van der Waals surface area contributed by atoms with Crippen LogP contribution >= 0.6 is 0 Å². The summed E-state index contributed by atoms with van der Waals surface area (Å²) in [6, 6.07) is 4.86. The lowest BCUT2D eigenvalue weighted by Gasteiger charge is -2.13. The lowest BCUT2D eigenvalue weighted by molar-refractivity contribution is -0.138. The highest BCUT2D eigenvalue weighted by Crippen LogP contribution is 2.32. The van der Waals surface area contributed by atoms with E-state index in [2.05, 4.69) is 0 Å². The molecule has 0 amide bonds. The number of aromatic amines is 1. The summed E-state index contributed by atoms with van der Waals surface area (Å²) in [5.74, 6) is 0. The van der Waals surface area contributed by atoms with Gasteiger partial charge in [-0.05, 0) is 24.6 Å². The van der Waals surface area contributed by atoms with E-state index < -0.39 is 23.0 Å². The minimum Gasteiger partial charge on any atom is -0.273 e. The number of hydrogen-bond donors (Lipinski definition) is 1. The molecule has 0 saturated heterocycles. The van der Waals surface area contributed by atoms with Gasteiger partial charge in [-0.1, -0.05) is 6.07 Å². The summed E-state index contributed by atoms with van der Waals surface area (Å²) in [6.45, 7) is 1.29. The lowest BCUT2D eigenvalue weighted by Crippen LogP contribution is -2.30. The standard InChI is InChI=1S/C13H8F3N3O2/c1-7-2-3-9(4-10(7)13(14,15)16)19-6-8(5-17)11(20)18-12(19)21/h2-4,6H,1H3,(H,18,20,21). The number of alkyl halides is 3. The zero-order valence-electron chi connectivity index (χ0n) is 10.7. The van der Waals surface area contributed by atoms with Crippen molar-refractivity contribution in [3.05, 3.63) is 61.9 Å². The number of nitriles is 1. The van der Waals surface area contributed by atoms with E-state index in [1.54, 1.807) is 6.07 Å². The van der Waals surface area contributed by atoms with E-state index in [0.29, 0.717) is 0 Å². The van der Waals surface area contributed by atoms with Gasteiger partial charge in [0.15, 0.2) is 0 Å². The topological polar surface area (TPSA) is 78.7 Å². The first-order valence-electron chi connectivity index (χ1n) is 5.68. The maximum atomic E-state index is 12.9. The van der Waals surface area contributed by atoms with Crippen LogP contribution in [0.25, 0.3) is 5.69 Å². The largest absolute Gasteiger partial charge is 0.416 e. The fourth-order valence-electron chi connectivity index (χ4n) is 1.81. The quantitative estimate of drug-likeness (QED) is 0.870. The molecule has 0 aliphatic carbocycles. The van der Waals surface area contributed by atoms with Crippen LogP contribution < -0.4 is 11.2 Å². The molecule has 5 nitrogen and oxygen atoms in total. The van der Waals surface area contributed by atoms with Crippen molar-refractivity contribution in [2.45, 2.75) is 13.1 Å². The second-order valence-electron chi connectivity index (χ2n) is 4.28. The third kappa shape index (κ3) is 2.72. The van der Waals surface area contributed by atoms with E-state index in [1.807, 2.05) is 4.98 Å². The van der Waals surface area contributed by atoms with Crippen molar-refractivity contribution in [3.8, 4) is 11.8 Å². The third-order valence-electron chi connectivity index (χ3n) is 2.87. The Morgan fingerprint density at radius 2 is 1.95 bits per heavy atom. The predicted octanol–water partition coefficient (Wildman–Crippen LogP) is 1.72. The fourth-order valence-corrected chi connectivity index (χ4v) is 1.81. The molecule has 0 radical (unpaired) electrons. The molecule has 0 aliphatic heterocycles. The number of hydrogen-bond acceptors (Lipinski definition) is 3. The Kier molecular flexibility index (Phi) is 3.43. The van der Waals surface area contributed by atoms with E-state index in [9.17, 15) is 22.8 Å². The molecule has 21 heavy (non-hydrogen) atoms. The van der Waals surface area contributed by atoms with E-state index in [-0.39, 0.29) is 16.8 Å². The van der Waals surface area contributed by atoms with Gasteiger partial charge in [0.2, 0.25) is 0 Å². The van der Waals surface area contributed by atoms with Crippen molar-refractivity contribution in [1.82, 2.24) is 9.55 Å². The van der Waals surface area contributed by atoms with Gasteiger partial charge in [0, 0.05) is 6.20 Å². The van der Waals surface area contributed by atoms with Crippen LogP contribution in [0, 0.1) is 18.3 Å². The number of nitrogens with zero attached hydrogens (tertiary/aromatic N) is 2. The number of benzene rings is 1. The minimum atomic E-state index is -4.57. The first-order chi connectivity index (χ1) is 9.74. The van der Waals surface area contributed by atoms with Crippen molar-refractivity contribution in [2.24, 2.45) is 0 Å². The molecule has 1 aromatic heterocycles. The normalized spacial score (nSPS) is 11.2. The Morgan fingerprint density at radius 3 is 2.52 bits per heavy atom. The van der Waals surface area contributed by atoms with Gasteiger partial charge in [0.25, 0.3) is 5.56 Å². The predicted molar refractivity (Wildman–Crippen MR) is 67.1 cm³/mol. The molecule has 0 saturated carbocycles. The first-order valence-corrected chi connectivity index (χ1v) is 5.68. The van der Waals surface area contributed by atoms with Crippen LogP contribution in [0.5, 0.6) is 0 Å². The summed E-state index contributed by atoms with van der Waals surface area (Å²) in [6.07, 6.45) is -3.66. The molecule has 1 heterocycles. The van der Waals surface area contributed by atoms with Gasteiger partial charge in [-0.3, -0.25) is 14.3 Å². The molecular formula is C13H8F3N3O2. The van der Waals surface area contributed by atoms with Gasteiger partial charge in [-0.15, -0.1) is 0 Å². The molecule has 0 unspecified atom stereocenters. The van der Waals surface area contributed by atoms with Crippen molar-refractivity contribution >= 4 is 0 Å². The monoisotopic (exact) mass is 295 g/mol. The Hall–Kier alpha value is -2.82. The lowest BCUT2D eigenvalue weighted by atomic mass is 10.1. The van der Waals surface area contributed by atoms with E-state index in [4.69, 9.17) is 5.26 Å². The van der Waals surface area contributed by atoms with Crippen LogP contribution in [0.15, 0.2) is 34.0 Å². The smallest absolute Gasteiger partial charge is 0.273 e. The zero-order chi connectivity index (χ0) is 15.8. The molecule has 1 aromatic carbocycles. The zero-order valence-corrected chi connectivity index (χ0v) is 10.7. The molecule has 8 heteroatoms. The number of aryl methyl sites for hydroxylation is 1. The van der Waals surface area contributed by atoms with Gasteiger partial charge >= 0.3 is 11.9 Å². The molecule has 0 atom stereocenters. The molecule has 0 bridgehead atoms. The molecule has 2 aromatic rings. The minimum absolute atomic E-state index is 0.00392. The molecule has 0 spiro atoms. The van der Waals surface area contributed by atoms with Gasteiger partial charge < -0.3 is 0 Å². The summed E-state index contributed by atoms with van der Waals surface area (Å²) in [5, 5.41) is 8.74. The van der Waals surface area contributed by atoms with E-state index in [0.717, 1.165) is 16.8 Å². The van der Waals surface area contributed by atoms with E-state index >= 15 is 0 Å². The van der Waals surface area contributed by atoms with E-state index in [1.165, 1.54) is 19.1 Å². The molecular weight excluding hydrogens is 287 g/mol. The Balaban J connectivity index is 2.72. The summed E-state index contributed by atoms with van der Waals surface area (Å²) in [7, 11) is 0. The SMILES string of the molecule is Cc1ccc(-n2cc(C#N)c(=O)[nH]c2=O)cc1C(F)(F)F. The van der Waals surface area contributed by atoms with Crippen molar-refractivity contribution in [1.29, 1.82) is 5.26 Å². The molecule has 0 aliphatic rings. The van der Waals surface area contributed by atoms with Crippen LogP contribution in [0.2, 0.25) is 0 Å². The number of rotatable bonds is 1. The maximum absolute atomic E-state index is 12.9. The number of aromatic nitrogens is 2. The van der Waals surface area contributed by atoms with Crippen molar-refractivity contribution in [2.75, 3.05) is 0 Å². The highest BCUT2D eigenvalue weighted by atomic mass is 19.4. The Morgan fingerprint density at radius 1 is 1.29 bits per heavy atom. The Labute approximate surface area is 115 Å². The summed E-state index contributed by atoms with van der Waals surface area (Å²) < 4.78 is 39.4. The number of H-pyrrole nitrogens is 1. The highest BCUT2D eigenvalue weighted by Gasteiger charge is 2.32. The second kappa shape index (κ2) is 4.94. The van der Waals surface area contributed by atoms with Crippen molar-refractivity contribution < 1.29 is 13.2 Å². The number of nitrogens with one attached hydrogen (secondary N) is 1. The maximum Gasteiger partial charge on any atom is 0.416 e. The number of halogens is 3. The van der Waals surface area contributed by atoms with Crippen LogP contribution in [-0.2, 0) is 6.18 Å². The summed E-state index contributed by atoms with van der Waals surface area (Å²) >= 11 is 0. The van der Waals surface area contributed by atoms with Crippen molar-refractivity contribution in [3.63, 3.8) is 0 Å². The van der Waals surface area contributed by atoms with Gasteiger partial charge in [0.05, 0.1) is 11.3 Å². The highest BCUT2D eigenvalue weighted by molar-refractivity contribution is 5.42. The second-order valence-corrected chi connectivity index (χ2v) is 4.28. The van der Waals surface area contributed by atoms with Gasteiger partial charge in [-0.25, -0.2) is 4.79 Å². The third-order valence-corrected chi connectivity index (χ3v) is 2.87. The fraction of sp³-hybridized carbons (Fsp3) is 0.154.